The molecule has 0 radical (unpaired) electrons. The number of carbonyl (C=O) groups is 1. The van der Waals surface area contributed by atoms with Gasteiger partial charge in [-0.2, -0.15) is 0 Å². The van der Waals surface area contributed by atoms with Crippen molar-refractivity contribution in [2.45, 2.75) is 32.7 Å². The molecule has 0 aliphatic rings. The van der Waals surface area contributed by atoms with E-state index in [0.717, 1.165) is 12.0 Å². The van der Waals surface area contributed by atoms with E-state index >= 15 is 0 Å². The molecule has 1 aromatic rings. The smallest absolute Gasteiger partial charge is 0.320 e. The lowest BCUT2D eigenvalue weighted by atomic mass is 10.2. The maximum atomic E-state index is 11.1. The molecule has 0 amide bonds. The first kappa shape index (κ1) is 16.3. The fraction of sp³-hybridized carbons (Fsp3) is 0.533. The van der Waals surface area contributed by atoms with Gasteiger partial charge in [0.2, 0.25) is 0 Å². The third kappa shape index (κ3) is 5.09. The van der Waals surface area contributed by atoms with Crippen LogP contribution in [0.4, 0.5) is 0 Å². The summed E-state index contributed by atoms with van der Waals surface area (Å²) in [7, 11) is 1.59. The van der Waals surface area contributed by atoms with Gasteiger partial charge in [0, 0.05) is 6.42 Å². The molecule has 1 rings (SSSR count). The zero-order chi connectivity index (χ0) is 15.0. The third-order valence-corrected chi connectivity index (χ3v) is 2.92. The van der Waals surface area contributed by atoms with E-state index in [2.05, 4.69) is 5.32 Å². The summed E-state index contributed by atoms with van der Waals surface area (Å²) in [5.41, 5.74) is 1.09. The topological polar surface area (TPSA) is 67.8 Å². The standard InChI is InChI=1S/C15H23NO4/c1-4-8-16-12(15(17)18)7-9-20-13-6-5-11(2)10-14(13)19-3/h5-6,10,12,16H,4,7-9H2,1-3H3,(H,17,18). The van der Waals surface area contributed by atoms with E-state index in [-0.39, 0.29) is 0 Å². The lowest BCUT2D eigenvalue weighted by Crippen LogP contribution is -2.38. The Kier molecular flexibility index (Phi) is 6.87. The monoisotopic (exact) mass is 281 g/mol. The Balaban J connectivity index is 2.52. The molecule has 0 spiro atoms. The molecule has 0 aromatic heterocycles. The average molecular weight is 281 g/mol. The van der Waals surface area contributed by atoms with Gasteiger partial charge >= 0.3 is 5.97 Å². The summed E-state index contributed by atoms with van der Waals surface area (Å²) in [5.74, 6) is 0.453. The molecular formula is C15H23NO4. The van der Waals surface area contributed by atoms with Crippen molar-refractivity contribution in [1.29, 1.82) is 0 Å². The van der Waals surface area contributed by atoms with E-state index < -0.39 is 12.0 Å². The number of hydrogen-bond donors (Lipinski definition) is 2. The minimum absolute atomic E-state index is 0.326. The van der Waals surface area contributed by atoms with Crippen LogP contribution in [0.1, 0.15) is 25.3 Å². The Morgan fingerprint density at radius 3 is 2.75 bits per heavy atom. The van der Waals surface area contributed by atoms with Gasteiger partial charge < -0.3 is 19.9 Å². The van der Waals surface area contributed by atoms with Crippen molar-refractivity contribution in [2.24, 2.45) is 0 Å². The minimum Gasteiger partial charge on any atom is -0.493 e. The SMILES string of the molecule is CCCNC(CCOc1ccc(C)cc1OC)C(=O)O. The molecule has 5 heteroatoms. The van der Waals surface area contributed by atoms with Crippen molar-refractivity contribution < 1.29 is 19.4 Å². The molecule has 1 aromatic carbocycles. The van der Waals surface area contributed by atoms with Crippen molar-refractivity contribution in [1.82, 2.24) is 5.32 Å². The quantitative estimate of drug-likeness (QED) is 0.726. The first-order valence-corrected chi connectivity index (χ1v) is 6.82. The fourth-order valence-corrected chi connectivity index (χ4v) is 1.81. The summed E-state index contributed by atoms with van der Waals surface area (Å²) in [6.45, 7) is 4.99. The second-order valence-electron chi connectivity index (χ2n) is 4.64. The van der Waals surface area contributed by atoms with Gasteiger partial charge in [0.25, 0.3) is 0 Å². The highest BCUT2D eigenvalue weighted by atomic mass is 16.5. The predicted octanol–water partition coefficient (Wildman–Crippen LogP) is 2.23. The number of ether oxygens (including phenoxy) is 2. The molecule has 0 saturated carbocycles. The molecule has 20 heavy (non-hydrogen) atoms. The van der Waals surface area contributed by atoms with Gasteiger partial charge in [0.05, 0.1) is 13.7 Å². The van der Waals surface area contributed by atoms with Crippen LogP contribution >= 0.6 is 0 Å². The fourth-order valence-electron chi connectivity index (χ4n) is 1.81. The number of aliphatic carboxylic acids is 1. The number of methoxy groups -OCH3 is 1. The molecule has 112 valence electrons. The molecule has 2 N–H and O–H groups in total. The van der Waals surface area contributed by atoms with Gasteiger partial charge in [-0.15, -0.1) is 0 Å². The Morgan fingerprint density at radius 2 is 2.15 bits per heavy atom. The molecule has 0 saturated heterocycles. The van der Waals surface area contributed by atoms with Crippen LogP contribution in [-0.2, 0) is 4.79 Å². The normalized spacial score (nSPS) is 11.9. The Hall–Kier alpha value is -1.75. The maximum absolute atomic E-state index is 11.1. The highest BCUT2D eigenvalue weighted by Gasteiger charge is 2.16. The van der Waals surface area contributed by atoms with E-state index in [9.17, 15) is 4.79 Å². The van der Waals surface area contributed by atoms with Crippen LogP contribution in [0.5, 0.6) is 11.5 Å². The zero-order valence-electron chi connectivity index (χ0n) is 12.3. The Morgan fingerprint density at radius 1 is 1.40 bits per heavy atom. The molecule has 0 aliphatic carbocycles. The van der Waals surface area contributed by atoms with E-state index in [1.807, 2.05) is 32.0 Å². The number of carboxylic acid groups (broad SMARTS) is 1. The molecule has 0 bridgehead atoms. The van der Waals surface area contributed by atoms with Gasteiger partial charge in [0.15, 0.2) is 11.5 Å². The van der Waals surface area contributed by atoms with Crippen LogP contribution in [0, 0.1) is 6.92 Å². The summed E-state index contributed by atoms with van der Waals surface area (Å²) < 4.78 is 10.9. The van der Waals surface area contributed by atoms with Crippen LogP contribution < -0.4 is 14.8 Å². The summed E-state index contributed by atoms with van der Waals surface area (Å²) in [6, 6.07) is 5.08. The number of rotatable bonds is 9. The predicted molar refractivity (Wildman–Crippen MR) is 77.6 cm³/mol. The van der Waals surface area contributed by atoms with Crippen LogP contribution in [0.2, 0.25) is 0 Å². The molecule has 1 atom stereocenters. The summed E-state index contributed by atoms with van der Waals surface area (Å²) in [4.78, 5) is 11.1. The Bertz CT molecular complexity index is 434. The number of hydrogen-bond acceptors (Lipinski definition) is 4. The second kappa shape index (κ2) is 8.43. The molecule has 0 aliphatic heterocycles. The van der Waals surface area contributed by atoms with Gasteiger partial charge in [-0.1, -0.05) is 13.0 Å². The van der Waals surface area contributed by atoms with Crippen LogP contribution in [-0.4, -0.2) is 37.4 Å². The molecular weight excluding hydrogens is 258 g/mol. The van der Waals surface area contributed by atoms with E-state index in [0.29, 0.717) is 31.1 Å². The largest absolute Gasteiger partial charge is 0.493 e. The minimum atomic E-state index is -0.849. The molecule has 0 fully saturated rings. The van der Waals surface area contributed by atoms with Crippen molar-refractivity contribution in [3.8, 4) is 11.5 Å². The summed E-state index contributed by atoms with van der Waals surface area (Å²) in [6.07, 6.45) is 1.31. The van der Waals surface area contributed by atoms with Crippen LogP contribution in [0.3, 0.4) is 0 Å². The third-order valence-electron chi connectivity index (χ3n) is 2.92. The zero-order valence-corrected chi connectivity index (χ0v) is 12.3. The average Bonchev–Trinajstić information content (AvgIpc) is 2.43. The van der Waals surface area contributed by atoms with Crippen LogP contribution in [0.15, 0.2) is 18.2 Å². The van der Waals surface area contributed by atoms with E-state index in [1.165, 1.54) is 0 Å². The number of carboxylic acids is 1. The van der Waals surface area contributed by atoms with E-state index in [1.54, 1.807) is 7.11 Å². The first-order chi connectivity index (χ1) is 9.58. The van der Waals surface area contributed by atoms with Gasteiger partial charge in [-0.25, -0.2) is 0 Å². The molecule has 0 heterocycles. The number of benzene rings is 1. The summed E-state index contributed by atoms with van der Waals surface area (Å²) in [5, 5.41) is 12.1. The van der Waals surface area contributed by atoms with E-state index in [4.69, 9.17) is 14.6 Å². The van der Waals surface area contributed by atoms with Crippen molar-refractivity contribution >= 4 is 5.97 Å². The van der Waals surface area contributed by atoms with Gasteiger partial charge in [-0.05, 0) is 37.6 Å². The van der Waals surface area contributed by atoms with Gasteiger partial charge in [0.1, 0.15) is 6.04 Å². The van der Waals surface area contributed by atoms with Crippen LogP contribution in [0.25, 0.3) is 0 Å². The van der Waals surface area contributed by atoms with Crippen molar-refractivity contribution in [3.63, 3.8) is 0 Å². The number of nitrogens with one attached hydrogen (secondary N) is 1. The maximum Gasteiger partial charge on any atom is 0.320 e. The highest BCUT2D eigenvalue weighted by molar-refractivity contribution is 5.73. The number of aryl methyl sites for hydroxylation is 1. The molecule has 1 unspecified atom stereocenters. The lowest BCUT2D eigenvalue weighted by Gasteiger charge is -2.15. The molecule has 5 nitrogen and oxygen atoms in total. The Labute approximate surface area is 119 Å². The lowest BCUT2D eigenvalue weighted by molar-refractivity contribution is -0.139. The summed E-state index contributed by atoms with van der Waals surface area (Å²) >= 11 is 0. The second-order valence-corrected chi connectivity index (χ2v) is 4.64. The highest BCUT2D eigenvalue weighted by Crippen LogP contribution is 2.27. The first-order valence-electron chi connectivity index (χ1n) is 6.82. The van der Waals surface area contributed by atoms with Crippen molar-refractivity contribution in [2.75, 3.05) is 20.3 Å². The van der Waals surface area contributed by atoms with Crippen molar-refractivity contribution in [3.05, 3.63) is 23.8 Å². The van der Waals surface area contributed by atoms with Gasteiger partial charge in [-0.3, -0.25) is 4.79 Å².